The minimum absolute atomic E-state index is 0.0217. The van der Waals surface area contributed by atoms with Crippen LogP contribution in [0.3, 0.4) is 0 Å². The summed E-state index contributed by atoms with van der Waals surface area (Å²) in [6.45, 7) is 8.07. The standard InChI is InChI=1S/C22H25N5S2/c1-22(2,3)27-21(23-24-25-27)20(19-12-8-14-29-19)26(16-18-11-7-13-28-18)15-17-9-5-4-6-10-17/h4-14,20H,15-16H2,1-3H3/t20-/m1/s1. The summed E-state index contributed by atoms with van der Waals surface area (Å²) in [6, 6.07) is 19.2. The number of rotatable bonds is 7. The second-order valence-electron chi connectivity index (χ2n) is 8.01. The summed E-state index contributed by atoms with van der Waals surface area (Å²) in [5.74, 6) is 0.882. The molecule has 0 bridgehead atoms. The third-order valence-electron chi connectivity index (χ3n) is 4.72. The minimum Gasteiger partial charge on any atom is -0.280 e. The van der Waals surface area contributed by atoms with Crippen LogP contribution in [-0.2, 0) is 18.6 Å². The molecule has 4 rings (SSSR count). The Kier molecular flexibility index (Phi) is 5.89. The zero-order chi connectivity index (χ0) is 20.3. The summed E-state index contributed by atoms with van der Waals surface area (Å²) >= 11 is 3.54. The number of tetrazole rings is 1. The second kappa shape index (κ2) is 8.57. The molecule has 150 valence electrons. The van der Waals surface area contributed by atoms with Crippen molar-refractivity contribution in [3.63, 3.8) is 0 Å². The van der Waals surface area contributed by atoms with Crippen LogP contribution in [0.25, 0.3) is 0 Å². The first-order valence-corrected chi connectivity index (χ1v) is 11.4. The Balaban J connectivity index is 1.79. The lowest BCUT2D eigenvalue weighted by Gasteiger charge is -2.32. The van der Waals surface area contributed by atoms with Gasteiger partial charge in [0.2, 0.25) is 0 Å². The van der Waals surface area contributed by atoms with Gasteiger partial charge in [-0.05, 0) is 59.7 Å². The van der Waals surface area contributed by atoms with Crippen molar-refractivity contribution >= 4 is 22.7 Å². The average Bonchev–Trinajstić information content (AvgIpc) is 3.45. The molecule has 1 atom stereocenters. The molecule has 0 N–H and O–H groups in total. The maximum atomic E-state index is 4.50. The molecule has 0 saturated heterocycles. The molecule has 3 heterocycles. The average molecular weight is 424 g/mol. The van der Waals surface area contributed by atoms with Crippen molar-refractivity contribution < 1.29 is 0 Å². The zero-order valence-electron chi connectivity index (χ0n) is 16.9. The Morgan fingerprint density at radius 2 is 1.69 bits per heavy atom. The number of hydrogen-bond acceptors (Lipinski definition) is 6. The molecule has 7 heteroatoms. The highest BCUT2D eigenvalue weighted by Crippen LogP contribution is 2.35. The normalized spacial score (nSPS) is 13.1. The Bertz CT molecular complexity index is 1000. The van der Waals surface area contributed by atoms with E-state index >= 15 is 0 Å². The fourth-order valence-electron chi connectivity index (χ4n) is 3.42. The zero-order valence-corrected chi connectivity index (χ0v) is 18.5. The maximum absolute atomic E-state index is 4.50. The molecule has 0 saturated carbocycles. The van der Waals surface area contributed by atoms with Crippen molar-refractivity contribution in [2.24, 2.45) is 0 Å². The van der Waals surface area contributed by atoms with E-state index in [1.165, 1.54) is 15.3 Å². The van der Waals surface area contributed by atoms with E-state index in [0.717, 1.165) is 18.9 Å². The molecule has 0 spiro atoms. The highest BCUT2D eigenvalue weighted by atomic mass is 32.1. The lowest BCUT2D eigenvalue weighted by Crippen LogP contribution is -2.34. The van der Waals surface area contributed by atoms with Gasteiger partial charge in [0.05, 0.1) is 5.54 Å². The van der Waals surface area contributed by atoms with Gasteiger partial charge in [0.15, 0.2) is 5.82 Å². The maximum Gasteiger partial charge on any atom is 0.174 e. The molecule has 29 heavy (non-hydrogen) atoms. The molecule has 0 fully saturated rings. The number of hydrogen-bond donors (Lipinski definition) is 0. The second-order valence-corrected chi connectivity index (χ2v) is 10.0. The van der Waals surface area contributed by atoms with E-state index in [0.29, 0.717) is 0 Å². The number of thiophene rings is 2. The highest BCUT2D eigenvalue weighted by molar-refractivity contribution is 7.10. The summed E-state index contributed by atoms with van der Waals surface area (Å²) in [5, 5.41) is 17.1. The number of nitrogens with zero attached hydrogens (tertiary/aromatic N) is 5. The van der Waals surface area contributed by atoms with Crippen molar-refractivity contribution in [3.8, 4) is 0 Å². The van der Waals surface area contributed by atoms with Crippen LogP contribution in [0.4, 0.5) is 0 Å². The Morgan fingerprint density at radius 3 is 2.34 bits per heavy atom. The monoisotopic (exact) mass is 423 g/mol. The molecule has 0 amide bonds. The van der Waals surface area contributed by atoms with E-state index in [1.54, 1.807) is 22.7 Å². The summed E-state index contributed by atoms with van der Waals surface area (Å²) in [6.07, 6.45) is 0. The third-order valence-corrected chi connectivity index (χ3v) is 6.50. The molecule has 3 aromatic heterocycles. The molecule has 0 aliphatic heterocycles. The SMILES string of the molecule is CC(C)(C)n1nnnc1[C@@H](c1cccs1)N(Cc1ccccc1)Cc1cccs1. The predicted molar refractivity (Wildman–Crippen MR) is 119 cm³/mol. The summed E-state index contributed by atoms with van der Waals surface area (Å²) in [4.78, 5) is 5.05. The van der Waals surface area contributed by atoms with E-state index in [-0.39, 0.29) is 11.6 Å². The molecule has 5 nitrogen and oxygen atoms in total. The van der Waals surface area contributed by atoms with E-state index in [9.17, 15) is 0 Å². The smallest absolute Gasteiger partial charge is 0.174 e. The largest absolute Gasteiger partial charge is 0.280 e. The molecular formula is C22H25N5S2. The number of benzene rings is 1. The van der Waals surface area contributed by atoms with Gasteiger partial charge in [-0.15, -0.1) is 27.8 Å². The van der Waals surface area contributed by atoms with Gasteiger partial charge < -0.3 is 0 Å². The van der Waals surface area contributed by atoms with Gasteiger partial charge in [-0.1, -0.05) is 42.5 Å². The minimum atomic E-state index is -0.199. The predicted octanol–water partition coefficient (Wildman–Crippen LogP) is 5.34. The van der Waals surface area contributed by atoms with Crippen molar-refractivity contribution in [3.05, 3.63) is 86.5 Å². The fourth-order valence-corrected chi connectivity index (χ4v) is 5.00. The van der Waals surface area contributed by atoms with Gasteiger partial charge in [0.25, 0.3) is 0 Å². The van der Waals surface area contributed by atoms with E-state index in [4.69, 9.17) is 0 Å². The molecule has 0 unspecified atom stereocenters. The van der Waals surface area contributed by atoms with E-state index in [1.807, 2.05) is 4.68 Å². The van der Waals surface area contributed by atoms with Crippen molar-refractivity contribution in [2.75, 3.05) is 0 Å². The Morgan fingerprint density at radius 1 is 0.931 bits per heavy atom. The first-order chi connectivity index (χ1) is 14.0. The van der Waals surface area contributed by atoms with Crippen LogP contribution in [0.5, 0.6) is 0 Å². The molecule has 0 aliphatic rings. The summed E-state index contributed by atoms with van der Waals surface area (Å²) < 4.78 is 1.96. The highest BCUT2D eigenvalue weighted by Gasteiger charge is 2.32. The summed E-state index contributed by atoms with van der Waals surface area (Å²) in [5.41, 5.74) is 1.08. The van der Waals surface area contributed by atoms with Crippen LogP contribution in [-0.4, -0.2) is 25.1 Å². The van der Waals surface area contributed by atoms with E-state index < -0.39 is 0 Å². The Hall–Kier alpha value is -2.35. The van der Waals surface area contributed by atoms with Gasteiger partial charge in [-0.2, -0.15) is 0 Å². The van der Waals surface area contributed by atoms with Crippen LogP contribution in [0, 0.1) is 0 Å². The van der Waals surface area contributed by atoms with Crippen molar-refractivity contribution in [1.29, 1.82) is 0 Å². The van der Waals surface area contributed by atoms with Gasteiger partial charge in [-0.25, -0.2) is 4.68 Å². The van der Waals surface area contributed by atoms with Crippen LogP contribution >= 0.6 is 22.7 Å². The van der Waals surface area contributed by atoms with Gasteiger partial charge in [-0.3, -0.25) is 4.90 Å². The molecular weight excluding hydrogens is 398 g/mol. The summed E-state index contributed by atoms with van der Waals surface area (Å²) in [7, 11) is 0. The fraction of sp³-hybridized carbons (Fsp3) is 0.318. The van der Waals surface area contributed by atoms with Crippen LogP contribution < -0.4 is 0 Å². The van der Waals surface area contributed by atoms with Gasteiger partial charge in [0.1, 0.15) is 6.04 Å². The number of aromatic nitrogens is 4. The first kappa shape index (κ1) is 19.9. The van der Waals surface area contributed by atoms with Crippen molar-refractivity contribution in [1.82, 2.24) is 25.1 Å². The lowest BCUT2D eigenvalue weighted by molar-refractivity contribution is 0.189. The van der Waals surface area contributed by atoms with Crippen LogP contribution in [0.1, 0.15) is 48.0 Å². The Labute approximate surface area is 179 Å². The molecule has 0 radical (unpaired) electrons. The van der Waals surface area contributed by atoms with Gasteiger partial charge >= 0.3 is 0 Å². The van der Waals surface area contributed by atoms with Crippen molar-refractivity contribution in [2.45, 2.75) is 45.4 Å². The third kappa shape index (κ3) is 4.63. The van der Waals surface area contributed by atoms with Crippen LogP contribution in [0.2, 0.25) is 0 Å². The van der Waals surface area contributed by atoms with Crippen LogP contribution in [0.15, 0.2) is 65.4 Å². The quantitative estimate of drug-likeness (QED) is 0.402. The van der Waals surface area contributed by atoms with Gasteiger partial charge in [0, 0.05) is 22.8 Å². The molecule has 0 aliphatic carbocycles. The molecule has 4 aromatic rings. The molecule has 1 aromatic carbocycles. The first-order valence-electron chi connectivity index (χ1n) is 9.65. The topological polar surface area (TPSA) is 46.8 Å². The lowest BCUT2D eigenvalue weighted by atomic mass is 10.1. The van der Waals surface area contributed by atoms with E-state index in [2.05, 4.69) is 107 Å².